The van der Waals surface area contributed by atoms with Gasteiger partial charge in [0, 0.05) is 56.1 Å². The summed E-state index contributed by atoms with van der Waals surface area (Å²) in [6.07, 6.45) is 4.33. The third-order valence-electron chi connectivity index (χ3n) is 3.86. The van der Waals surface area contributed by atoms with Crippen molar-refractivity contribution in [1.29, 1.82) is 0 Å². The number of carbonyl (C=O) groups is 1. The molecule has 2 aromatic rings. The van der Waals surface area contributed by atoms with Crippen LogP contribution in [-0.2, 0) is 6.42 Å². The van der Waals surface area contributed by atoms with Gasteiger partial charge in [0.2, 0.25) is 5.56 Å². The lowest BCUT2D eigenvalue weighted by molar-refractivity contribution is 0.0638. The summed E-state index contributed by atoms with van der Waals surface area (Å²) in [6.45, 7) is 4.21. The summed E-state index contributed by atoms with van der Waals surface area (Å²) in [5.74, 6) is -0.0154. The highest BCUT2D eigenvalue weighted by atomic mass is 32.1. The molecule has 0 aliphatic carbocycles. The molecule has 0 spiro atoms. The molecular formula is C15H18N4O2S. The summed E-state index contributed by atoms with van der Waals surface area (Å²) < 4.78 is 4.11. The molecule has 1 saturated heterocycles. The van der Waals surface area contributed by atoms with Crippen LogP contribution >= 0.6 is 11.5 Å². The number of piperazine rings is 1. The molecule has 1 aliphatic rings. The van der Waals surface area contributed by atoms with Gasteiger partial charge in [-0.25, -0.2) is 4.37 Å². The zero-order chi connectivity index (χ0) is 15.4. The predicted octanol–water partition coefficient (Wildman–Crippen LogP) is 0.832. The van der Waals surface area contributed by atoms with E-state index in [1.165, 1.54) is 17.1 Å². The second-order valence-electron chi connectivity index (χ2n) is 5.30. The summed E-state index contributed by atoms with van der Waals surface area (Å²) in [6, 6.07) is 5.02. The van der Waals surface area contributed by atoms with Gasteiger partial charge in [0.05, 0.1) is 5.56 Å². The van der Waals surface area contributed by atoms with E-state index in [0.717, 1.165) is 39.1 Å². The summed E-state index contributed by atoms with van der Waals surface area (Å²) >= 11 is 1.55. The number of H-pyrrole nitrogens is 1. The lowest BCUT2D eigenvalue weighted by Gasteiger charge is -2.34. The zero-order valence-electron chi connectivity index (χ0n) is 12.2. The number of hydrogen-bond acceptors (Lipinski definition) is 5. The fourth-order valence-electron chi connectivity index (χ4n) is 2.54. The Balaban J connectivity index is 1.49. The number of nitrogens with zero attached hydrogens (tertiary/aromatic N) is 3. The number of carbonyl (C=O) groups excluding carboxylic acids is 1. The Morgan fingerprint density at radius 3 is 2.68 bits per heavy atom. The lowest BCUT2D eigenvalue weighted by Crippen LogP contribution is -2.49. The molecule has 1 fully saturated rings. The topological polar surface area (TPSA) is 69.3 Å². The largest absolute Gasteiger partial charge is 0.336 e. The van der Waals surface area contributed by atoms with Gasteiger partial charge >= 0.3 is 0 Å². The summed E-state index contributed by atoms with van der Waals surface area (Å²) in [4.78, 5) is 31.4. The standard InChI is InChI=1S/C15H18N4O2S/c20-14-2-1-12(11-16-14)15(21)19-9-7-18(8-10-19)6-4-13-3-5-17-22-13/h1-3,5,11H,4,6-10H2,(H,16,20). The molecule has 0 aromatic carbocycles. The van der Waals surface area contributed by atoms with Crippen LogP contribution in [0.1, 0.15) is 15.2 Å². The Bertz CT molecular complexity index is 655. The van der Waals surface area contributed by atoms with Crippen molar-refractivity contribution in [2.45, 2.75) is 6.42 Å². The monoisotopic (exact) mass is 318 g/mol. The van der Waals surface area contributed by atoms with Gasteiger partial charge in [-0.2, -0.15) is 0 Å². The molecule has 6 nitrogen and oxygen atoms in total. The SMILES string of the molecule is O=C(c1ccc(=O)[nH]c1)N1CCN(CCc2ccns2)CC1. The van der Waals surface area contributed by atoms with Gasteiger partial charge in [0.1, 0.15) is 0 Å². The van der Waals surface area contributed by atoms with Crippen LogP contribution in [0.5, 0.6) is 0 Å². The van der Waals surface area contributed by atoms with E-state index >= 15 is 0 Å². The second kappa shape index (κ2) is 6.85. The van der Waals surface area contributed by atoms with Crippen LogP contribution in [0.2, 0.25) is 0 Å². The van der Waals surface area contributed by atoms with E-state index in [2.05, 4.69) is 20.3 Å². The number of aromatic nitrogens is 2. The minimum atomic E-state index is -0.190. The average Bonchev–Trinajstić information content (AvgIpc) is 3.07. The quantitative estimate of drug-likeness (QED) is 0.907. The van der Waals surface area contributed by atoms with E-state index in [1.54, 1.807) is 17.6 Å². The van der Waals surface area contributed by atoms with Gasteiger partial charge in [-0.1, -0.05) is 0 Å². The Morgan fingerprint density at radius 1 is 1.23 bits per heavy atom. The first kappa shape index (κ1) is 14.9. The summed E-state index contributed by atoms with van der Waals surface area (Å²) in [5.41, 5.74) is 0.349. The second-order valence-corrected chi connectivity index (χ2v) is 6.22. The fraction of sp³-hybridized carbons (Fsp3) is 0.400. The number of pyridine rings is 1. The molecule has 116 valence electrons. The Morgan fingerprint density at radius 2 is 2.05 bits per heavy atom. The number of amides is 1. The highest BCUT2D eigenvalue weighted by Crippen LogP contribution is 2.10. The van der Waals surface area contributed by atoms with Gasteiger partial charge < -0.3 is 9.88 Å². The summed E-state index contributed by atoms with van der Waals surface area (Å²) in [5, 5.41) is 0. The van der Waals surface area contributed by atoms with Crippen molar-refractivity contribution in [2.75, 3.05) is 32.7 Å². The van der Waals surface area contributed by atoms with Crippen molar-refractivity contribution >= 4 is 17.4 Å². The van der Waals surface area contributed by atoms with Crippen LogP contribution in [0.15, 0.2) is 35.4 Å². The molecule has 2 aromatic heterocycles. The van der Waals surface area contributed by atoms with Crippen molar-refractivity contribution in [2.24, 2.45) is 0 Å². The molecule has 1 N–H and O–H groups in total. The van der Waals surface area contributed by atoms with Crippen LogP contribution in [-0.4, -0.2) is 57.8 Å². The Labute approximate surface area is 132 Å². The van der Waals surface area contributed by atoms with Crippen molar-refractivity contribution < 1.29 is 4.79 Å². The van der Waals surface area contributed by atoms with Gasteiger partial charge in [-0.3, -0.25) is 14.5 Å². The normalized spacial score (nSPS) is 15.9. The van der Waals surface area contributed by atoms with Crippen molar-refractivity contribution in [3.63, 3.8) is 0 Å². The fourth-order valence-corrected chi connectivity index (χ4v) is 3.10. The number of rotatable bonds is 4. The van der Waals surface area contributed by atoms with Crippen molar-refractivity contribution in [3.05, 3.63) is 51.4 Å². The predicted molar refractivity (Wildman–Crippen MR) is 85.2 cm³/mol. The maximum atomic E-state index is 12.3. The van der Waals surface area contributed by atoms with E-state index < -0.39 is 0 Å². The maximum absolute atomic E-state index is 12.3. The van der Waals surface area contributed by atoms with Crippen molar-refractivity contribution in [3.8, 4) is 0 Å². The Kier molecular flexibility index (Phi) is 4.65. The number of aromatic amines is 1. The van der Waals surface area contributed by atoms with Gasteiger partial charge in [0.15, 0.2) is 0 Å². The van der Waals surface area contributed by atoms with E-state index in [0.29, 0.717) is 5.56 Å². The number of hydrogen-bond donors (Lipinski definition) is 1. The van der Waals surface area contributed by atoms with Crippen LogP contribution < -0.4 is 5.56 Å². The third-order valence-corrected chi connectivity index (χ3v) is 4.66. The molecule has 1 amide bonds. The minimum absolute atomic E-state index is 0.0154. The molecular weight excluding hydrogens is 300 g/mol. The van der Waals surface area contributed by atoms with Crippen LogP contribution in [0.3, 0.4) is 0 Å². The highest BCUT2D eigenvalue weighted by Gasteiger charge is 2.22. The minimum Gasteiger partial charge on any atom is -0.336 e. The highest BCUT2D eigenvalue weighted by molar-refractivity contribution is 7.05. The molecule has 22 heavy (non-hydrogen) atoms. The van der Waals surface area contributed by atoms with Crippen LogP contribution in [0.4, 0.5) is 0 Å². The Hall–Kier alpha value is -1.99. The van der Waals surface area contributed by atoms with E-state index in [9.17, 15) is 9.59 Å². The van der Waals surface area contributed by atoms with Gasteiger partial charge in [-0.15, -0.1) is 0 Å². The third kappa shape index (κ3) is 3.61. The van der Waals surface area contributed by atoms with E-state index in [1.807, 2.05) is 11.1 Å². The maximum Gasteiger partial charge on any atom is 0.255 e. The van der Waals surface area contributed by atoms with E-state index in [4.69, 9.17) is 0 Å². The molecule has 0 bridgehead atoms. The van der Waals surface area contributed by atoms with Gasteiger partial charge in [-0.05, 0) is 30.1 Å². The molecule has 0 atom stereocenters. The average molecular weight is 318 g/mol. The van der Waals surface area contributed by atoms with Crippen LogP contribution in [0, 0.1) is 0 Å². The summed E-state index contributed by atoms with van der Waals surface area (Å²) in [7, 11) is 0. The van der Waals surface area contributed by atoms with Crippen molar-refractivity contribution in [1.82, 2.24) is 19.2 Å². The first-order chi connectivity index (χ1) is 10.7. The first-order valence-corrected chi connectivity index (χ1v) is 8.09. The molecule has 3 rings (SSSR count). The zero-order valence-corrected chi connectivity index (χ0v) is 13.0. The smallest absolute Gasteiger partial charge is 0.255 e. The molecule has 0 radical (unpaired) electrons. The molecule has 0 unspecified atom stereocenters. The lowest BCUT2D eigenvalue weighted by atomic mass is 10.2. The van der Waals surface area contributed by atoms with E-state index in [-0.39, 0.29) is 11.5 Å². The van der Waals surface area contributed by atoms with Crippen LogP contribution in [0.25, 0.3) is 0 Å². The number of nitrogens with one attached hydrogen (secondary N) is 1. The first-order valence-electron chi connectivity index (χ1n) is 7.32. The molecule has 1 aliphatic heterocycles. The van der Waals surface area contributed by atoms with Gasteiger partial charge in [0.25, 0.3) is 5.91 Å². The molecule has 0 saturated carbocycles. The molecule has 3 heterocycles. The molecule has 7 heteroatoms.